The second kappa shape index (κ2) is 5.95. The Morgan fingerprint density at radius 2 is 2.00 bits per heavy atom. The smallest absolute Gasteiger partial charge is 0.382 e. The number of benzene rings is 1. The fourth-order valence-electron chi connectivity index (χ4n) is 2.27. The van der Waals surface area contributed by atoms with Crippen LogP contribution in [0.15, 0.2) is 46.3 Å². The van der Waals surface area contributed by atoms with Gasteiger partial charge in [0.05, 0.1) is 16.1 Å². The Morgan fingerprint density at radius 1 is 1.15 bits per heavy atom. The van der Waals surface area contributed by atoms with E-state index in [1.807, 2.05) is 17.5 Å². The third kappa shape index (κ3) is 2.81. The predicted molar refractivity (Wildman–Crippen MR) is 87.4 cm³/mol. The van der Waals surface area contributed by atoms with Gasteiger partial charge in [-0.1, -0.05) is 22.5 Å². The minimum atomic E-state index is -4.48. The van der Waals surface area contributed by atoms with Gasteiger partial charge in [0, 0.05) is 0 Å². The largest absolute Gasteiger partial charge is 0.416 e. The van der Waals surface area contributed by atoms with E-state index in [2.05, 4.69) is 20.5 Å². The maximum atomic E-state index is 12.9. The number of nitrogens with zero attached hydrogens (tertiary/aromatic N) is 5. The van der Waals surface area contributed by atoms with Crippen molar-refractivity contribution in [2.45, 2.75) is 6.18 Å². The maximum absolute atomic E-state index is 12.9. The van der Waals surface area contributed by atoms with Crippen molar-refractivity contribution in [2.75, 3.05) is 5.73 Å². The van der Waals surface area contributed by atoms with Gasteiger partial charge in [-0.25, -0.2) is 0 Å². The lowest BCUT2D eigenvalue weighted by Crippen LogP contribution is -2.08. The molecule has 0 aliphatic heterocycles. The summed E-state index contributed by atoms with van der Waals surface area (Å²) < 4.78 is 44.9. The molecule has 26 heavy (non-hydrogen) atoms. The number of halogens is 3. The Bertz CT molecular complexity index is 1050. The predicted octanol–water partition coefficient (Wildman–Crippen LogP) is 3.65. The van der Waals surface area contributed by atoms with E-state index in [-0.39, 0.29) is 23.1 Å². The Hall–Kier alpha value is -3.21. The summed E-state index contributed by atoms with van der Waals surface area (Å²) in [6.07, 6.45) is -4.48. The van der Waals surface area contributed by atoms with Crippen molar-refractivity contribution < 1.29 is 17.7 Å². The lowest BCUT2D eigenvalue weighted by molar-refractivity contribution is -0.137. The average Bonchev–Trinajstić information content (AvgIpc) is 3.34. The van der Waals surface area contributed by atoms with E-state index in [4.69, 9.17) is 10.3 Å². The number of thiophene rings is 1. The van der Waals surface area contributed by atoms with E-state index < -0.39 is 11.7 Å². The zero-order valence-electron chi connectivity index (χ0n) is 12.8. The van der Waals surface area contributed by atoms with E-state index in [0.29, 0.717) is 5.82 Å². The van der Waals surface area contributed by atoms with Gasteiger partial charge in [0.2, 0.25) is 5.82 Å². The van der Waals surface area contributed by atoms with Crippen LogP contribution < -0.4 is 5.73 Å². The standard InChI is InChI=1S/C15H9F3N6OS/c16-15(17,18)8-3-1-4-9(7-8)24-12(19)11(21-23-24)14-20-13(22-25-14)10-5-2-6-26-10/h1-7H,19H2. The summed E-state index contributed by atoms with van der Waals surface area (Å²) in [7, 11) is 0. The number of anilines is 1. The topological polar surface area (TPSA) is 95.7 Å². The first kappa shape index (κ1) is 16.3. The Balaban J connectivity index is 1.71. The molecule has 1 aromatic carbocycles. The second-order valence-electron chi connectivity index (χ2n) is 5.18. The van der Waals surface area contributed by atoms with Gasteiger partial charge in [0.15, 0.2) is 11.5 Å². The summed E-state index contributed by atoms with van der Waals surface area (Å²) in [6.45, 7) is 0. The lowest BCUT2D eigenvalue weighted by atomic mass is 10.2. The number of hydrogen-bond acceptors (Lipinski definition) is 7. The molecular formula is C15H9F3N6OS. The number of hydrogen-bond donors (Lipinski definition) is 1. The molecule has 0 radical (unpaired) electrons. The van der Waals surface area contributed by atoms with Crippen LogP contribution in [0.25, 0.3) is 28.0 Å². The van der Waals surface area contributed by atoms with Crippen LogP contribution in [0.4, 0.5) is 19.0 Å². The molecule has 132 valence electrons. The lowest BCUT2D eigenvalue weighted by Gasteiger charge is -2.09. The van der Waals surface area contributed by atoms with Crippen molar-refractivity contribution in [2.24, 2.45) is 0 Å². The summed E-state index contributed by atoms with van der Waals surface area (Å²) >= 11 is 1.43. The van der Waals surface area contributed by atoms with E-state index in [1.165, 1.54) is 23.5 Å². The maximum Gasteiger partial charge on any atom is 0.416 e. The van der Waals surface area contributed by atoms with Crippen molar-refractivity contribution in [3.05, 3.63) is 47.3 Å². The molecule has 0 saturated heterocycles. The van der Waals surface area contributed by atoms with Crippen molar-refractivity contribution in [3.63, 3.8) is 0 Å². The van der Waals surface area contributed by atoms with Crippen LogP contribution >= 0.6 is 11.3 Å². The highest BCUT2D eigenvalue weighted by molar-refractivity contribution is 7.13. The van der Waals surface area contributed by atoms with Crippen LogP contribution in [0.1, 0.15) is 5.56 Å². The molecule has 0 bridgehead atoms. The number of alkyl halides is 3. The van der Waals surface area contributed by atoms with Crippen molar-refractivity contribution >= 4 is 17.2 Å². The van der Waals surface area contributed by atoms with Crippen LogP contribution in [-0.2, 0) is 6.18 Å². The number of nitrogen functional groups attached to an aromatic ring is 1. The van der Waals surface area contributed by atoms with Gasteiger partial charge < -0.3 is 10.3 Å². The summed E-state index contributed by atoms with van der Waals surface area (Å²) in [6, 6.07) is 8.26. The van der Waals surface area contributed by atoms with Crippen LogP contribution in [0.2, 0.25) is 0 Å². The zero-order chi connectivity index (χ0) is 18.3. The molecule has 11 heteroatoms. The molecule has 0 spiro atoms. The molecule has 0 fully saturated rings. The van der Waals surface area contributed by atoms with Gasteiger partial charge in [0.25, 0.3) is 5.89 Å². The highest BCUT2D eigenvalue weighted by Crippen LogP contribution is 2.32. The molecule has 3 heterocycles. The average molecular weight is 378 g/mol. The van der Waals surface area contributed by atoms with Crippen LogP contribution in [-0.4, -0.2) is 25.1 Å². The van der Waals surface area contributed by atoms with E-state index >= 15 is 0 Å². The highest BCUT2D eigenvalue weighted by atomic mass is 32.1. The first-order valence-corrected chi connectivity index (χ1v) is 8.08. The number of rotatable bonds is 3. The molecule has 0 saturated carbocycles. The van der Waals surface area contributed by atoms with Crippen LogP contribution in [0, 0.1) is 0 Å². The molecule has 3 aromatic heterocycles. The van der Waals surface area contributed by atoms with Crippen molar-refractivity contribution in [1.82, 2.24) is 25.1 Å². The second-order valence-corrected chi connectivity index (χ2v) is 6.13. The first-order valence-electron chi connectivity index (χ1n) is 7.20. The summed E-state index contributed by atoms with van der Waals surface area (Å²) in [5.41, 5.74) is 5.39. The summed E-state index contributed by atoms with van der Waals surface area (Å²) in [5, 5.41) is 13.4. The van der Waals surface area contributed by atoms with Gasteiger partial charge >= 0.3 is 6.18 Å². The highest BCUT2D eigenvalue weighted by Gasteiger charge is 2.31. The normalized spacial score (nSPS) is 11.8. The molecule has 4 rings (SSSR count). The first-order chi connectivity index (χ1) is 12.4. The molecular weight excluding hydrogens is 369 g/mol. The molecule has 0 unspecified atom stereocenters. The summed E-state index contributed by atoms with van der Waals surface area (Å²) in [5.74, 6) is 0.387. The SMILES string of the molecule is Nc1c(-c2nc(-c3cccs3)no2)nnn1-c1cccc(C(F)(F)F)c1. The van der Waals surface area contributed by atoms with Gasteiger partial charge in [0.1, 0.15) is 0 Å². The van der Waals surface area contributed by atoms with Gasteiger partial charge in [-0.15, -0.1) is 16.4 Å². The number of aromatic nitrogens is 5. The molecule has 0 amide bonds. The molecule has 4 aromatic rings. The molecule has 0 aliphatic carbocycles. The van der Waals surface area contributed by atoms with Crippen molar-refractivity contribution in [1.29, 1.82) is 0 Å². The van der Waals surface area contributed by atoms with E-state index in [1.54, 1.807) is 0 Å². The Kier molecular flexibility index (Phi) is 3.72. The van der Waals surface area contributed by atoms with Crippen molar-refractivity contribution in [3.8, 4) is 28.0 Å². The van der Waals surface area contributed by atoms with Crippen LogP contribution in [0.5, 0.6) is 0 Å². The third-order valence-corrected chi connectivity index (χ3v) is 4.36. The number of nitrogens with two attached hydrogens (primary N) is 1. The Labute approximate surface area is 147 Å². The minimum absolute atomic E-state index is 0.00861. The van der Waals surface area contributed by atoms with Gasteiger partial charge in [-0.3, -0.25) is 0 Å². The molecule has 0 atom stereocenters. The molecule has 2 N–H and O–H groups in total. The van der Waals surface area contributed by atoms with Gasteiger partial charge in [-0.2, -0.15) is 22.8 Å². The van der Waals surface area contributed by atoms with E-state index in [9.17, 15) is 13.2 Å². The minimum Gasteiger partial charge on any atom is -0.382 e. The fourth-order valence-corrected chi connectivity index (χ4v) is 2.92. The Morgan fingerprint density at radius 3 is 2.73 bits per heavy atom. The molecule has 7 nitrogen and oxygen atoms in total. The zero-order valence-corrected chi connectivity index (χ0v) is 13.6. The van der Waals surface area contributed by atoms with E-state index in [0.717, 1.165) is 21.7 Å². The quantitative estimate of drug-likeness (QED) is 0.585. The molecule has 0 aliphatic rings. The van der Waals surface area contributed by atoms with Crippen LogP contribution in [0.3, 0.4) is 0 Å². The summed E-state index contributed by atoms with van der Waals surface area (Å²) in [4.78, 5) is 5.00. The third-order valence-electron chi connectivity index (χ3n) is 3.49. The van der Waals surface area contributed by atoms with Gasteiger partial charge in [-0.05, 0) is 29.6 Å². The fraction of sp³-hybridized carbons (Fsp3) is 0.0667. The monoisotopic (exact) mass is 378 g/mol.